The highest BCUT2D eigenvalue weighted by atomic mass is 32.2. The van der Waals surface area contributed by atoms with Crippen molar-refractivity contribution in [3.63, 3.8) is 0 Å². The molecule has 1 aromatic rings. The molecule has 1 heterocycles. The van der Waals surface area contributed by atoms with Crippen molar-refractivity contribution in [1.82, 2.24) is 4.31 Å². The number of benzene rings is 1. The fourth-order valence-electron chi connectivity index (χ4n) is 2.93. The van der Waals surface area contributed by atoms with Crippen LogP contribution in [-0.4, -0.2) is 37.2 Å². The zero-order valence-electron chi connectivity index (χ0n) is 12.4. The van der Waals surface area contributed by atoms with Crippen LogP contribution < -0.4 is 0 Å². The third kappa shape index (κ3) is 4.49. The highest BCUT2D eigenvalue weighted by molar-refractivity contribution is 7.88. The SMILES string of the molecule is Cc1cc(F)cc(C(O)CC2CCCN(S(C)(=O)=O)C2)c1. The summed E-state index contributed by atoms with van der Waals surface area (Å²) in [5, 5.41) is 10.3. The van der Waals surface area contributed by atoms with E-state index in [2.05, 4.69) is 0 Å². The van der Waals surface area contributed by atoms with E-state index in [0.29, 0.717) is 25.1 Å². The number of aryl methyl sites for hydroxylation is 1. The molecule has 1 aromatic carbocycles. The summed E-state index contributed by atoms with van der Waals surface area (Å²) in [6, 6.07) is 4.53. The van der Waals surface area contributed by atoms with Gasteiger partial charge in [-0.1, -0.05) is 6.07 Å². The Morgan fingerprint density at radius 3 is 2.76 bits per heavy atom. The Morgan fingerprint density at radius 2 is 2.14 bits per heavy atom. The standard InChI is InChI=1S/C15H22FNO3S/c1-11-6-13(9-14(16)7-11)15(18)8-12-4-3-5-17(10-12)21(2,19)20/h6-7,9,12,15,18H,3-5,8,10H2,1-2H3. The van der Waals surface area contributed by atoms with Crippen LogP contribution in [0.25, 0.3) is 0 Å². The van der Waals surface area contributed by atoms with Crippen molar-refractivity contribution in [3.8, 4) is 0 Å². The molecule has 118 valence electrons. The van der Waals surface area contributed by atoms with Crippen molar-refractivity contribution >= 4 is 10.0 Å². The molecule has 0 aromatic heterocycles. The summed E-state index contributed by atoms with van der Waals surface area (Å²) in [6.45, 7) is 2.76. The summed E-state index contributed by atoms with van der Waals surface area (Å²) >= 11 is 0. The predicted octanol–water partition coefficient (Wildman–Crippen LogP) is 2.23. The maximum atomic E-state index is 13.4. The second-order valence-electron chi connectivity index (χ2n) is 5.94. The van der Waals surface area contributed by atoms with Crippen LogP contribution in [0.2, 0.25) is 0 Å². The molecule has 0 amide bonds. The second-order valence-corrected chi connectivity index (χ2v) is 7.93. The van der Waals surface area contributed by atoms with Crippen LogP contribution in [0, 0.1) is 18.7 Å². The lowest BCUT2D eigenvalue weighted by molar-refractivity contribution is 0.122. The lowest BCUT2D eigenvalue weighted by atomic mass is 9.90. The largest absolute Gasteiger partial charge is 0.388 e. The molecular formula is C15H22FNO3S. The van der Waals surface area contributed by atoms with Crippen LogP contribution in [0.4, 0.5) is 4.39 Å². The van der Waals surface area contributed by atoms with Crippen molar-refractivity contribution in [2.45, 2.75) is 32.3 Å². The second kappa shape index (κ2) is 6.42. The number of piperidine rings is 1. The van der Waals surface area contributed by atoms with E-state index in [4.69, 9.17) is 0 Å². The van der Waals surface area contributed by atoms with E-state index in [1.807, 2.05) is 0 Å². The van der Waals surface area contributed by atoms with Gasteiger partial charge in [-0.3, -0.25) is 0 Å². The van der Waals surface area contributed by atoms with Crippen LogP contribution in [-0.2, 0) is 10.0 Å². The fourth-order valence-corrected chi connectivity index (χ4v) is 3.87. The Morgan fingerprint density at radius 1 is 1.43 bits per heavy atom. The maximum absolute atomic E-state index is 13.4. The normalized spacial score (nSPS) is 22.2. The van der Waals surface area contributed by atoms with Crippen molar-refractivity contribution in [3.05, 3.63) is 35.1 Å². The number of hydrogen-bond acceptors (Lipinski definition) is 3. The van der Waals surface area contributed by atoms with Crippen molar-refractivity contribution < 1.29 is 17.9 Å². The summed E-state index contributed by atoms with van der Waals surface area (Å²) in [5.74, 6) is -0.252. The maximum Gasteiger partial charge on any atom is 0.211 e. The molecule has 21 heavy (non-hydrogen) atoms. The third-order valence-corrected chi connectivity index (χ3v) is 5.23. The molecule has 1 aliphatic rings. The van der Waals surface area contributed by atoms with Gasteiger partial charge in [-0.05, 0) is 55.4 Å². The van der Waals surface area contributed by atoms with Crippen molar-refractivity contribution in [1.29, 1.82) is 0 Å². The molecule has 2 rings (SSSR count). The average Bonchev–Trinajstić information content (AvgIpc) is 2.37. The number of halogens is 1. The van der Waals surface area contributed by atoms with Crippen LogP contribution in [0.5, 0.6) is 0 Å². The average molecular weight is 315 g/mol. The Labute approximate surface area is 125 Å². The highest BCUT2D eigenvalue weighted by Crippen LogP contribution is 2.29. The van der Waals surface area contributed by atoms with Gasteiger partial charge in [-0.25, -0.2) is 17.1 Å². The molecule has 0 spiro atoms. The Hall–Kier alpha value is -0.980. The first kappa shape index (κ1) is 16.4. The van der Waals surface area contributed by atoms with E-state index in [1.54, 1.807) is 13.0 Å². The van der Waals surface area contributed by atoms with E-state index >= 15 is 0 Å². The number of nitrogens with zero attached hydrogens (tertiary/aromatic N) is 1. The number of rotatable bonds is 4. The van der Waals surface area contributed by atoms with Crippen LogP contribution >= 0.6 is 0 Å². The molecule has 1 saturated heterocycles. The van der Waals surface area contributed by atoms with Gasteiger partial charge in [0.05, 0.1) is 12.4 Å². The molecule has 2 unspecified atom stereocenters. The molecule has 1 fully saturated rings. The van der Waals surface area contributed by atoms with Crippen LogP contribution in [0.1, 0.15) is 36.5 Å². The summed E-state index contributed by atoms with van der Waals surface area (Å²) in [7, 11) is -3.18. The summed E-state index contributed by atoms with van der Waals surface area (Å²) in [5.41, 5.74) is 1.33. The minimum absolute atomic E-state index is 0.104. The van der Waals surface area contributed by atoms with Gasteiger partial charge in [-0.15, -0.1) is 0 Å². The number of hydrogen-bond donors (Lipinski definition) is 1. The first-order valence-electron chi connectivity index (χ1n) is 7.16. The Bertz CT molecular complexity index is 583. The van der Waals surface area contributed by atoms with Gasteiger partial charge in [-0.2, -0.15) is 0 Å². The van der Waals surface area contributed by atoms with E-state index < -0.39 is 16.1 Å². The molecule has 0 radical (unpaired) electrons. The number of sulfonamides is 1. The van der Waals surface area contributed by atoms with Crippen LogP contribution in [0.15, 0.2) is 18.2 Å². The van der Waals surface area contributed by atoms with Gasteiger partial charge < -0.3 is 5.11 Å². The van der Waals surface area contributed by atoms with Gasteiger partial charge in [0.1, 0.15) is 5.82 Å². The zero-order valence-corrected chi connectivity index (χ0v) is 13.2. The molecule has 0 aliphatic carbocycles. The third-order valence-electron chi connectivity index (χ3n) is 3.96. The molecule has 6 heteroatoms. The van der Waals surface area contributed by atoms with E-state index in [9.17, 15) is 17.9 Å². The fraction of sp³-hybridized carbons (Fsp3) is 0.600. The molecule has 1 N–H and O–H groups in total. The number of aliphatic hydroxyl groups excluding tert-OH is 1. The Balaban J connectivity index is 2.03. The molecule has 0 saturated carbocycles. The molecule has 4 nitrogen and oxygen atoms in total. The van der Waals surface area contributed by atoms with Gasteiger partial charge in [0.25, 0.3) is 0 Å². The first-order valence-corrected chi connectivity index (χ1v) is 9.01. The van der Waals surface area contributed by atoms with Crippen molar-refractivity contribution in [2.24, 2.45) is 5.92 Å². The van der Waals surface area contributed by atoms with E-state index in [1.165, 1.54) is 22.7 Å². The van der Waals surface area contributed by atoms with Gasteiger partial charge in [0, 0.05) is 13.1 Å². The molecular weight excluding hydrogens is 293 g/mol. The van der Waals surface area contributed by atoms with Gasteiger partial charge in [0.2, 0.25) is 10.0 Å². The van der Waals surface area contributed by atoms with Gasteiger partial charge in [0.15, 0.2) is 0 Å². The Kier molecular flexibility index (Phi) is 5.01. The molecule has 0 bridgehead atoms. The van der Waals surface area contributed by atoms with Crippen LogP contribution in [0.3, 0.4) is 0 Å². The summed E-state index contributed by atoms with van der Waals surface area (Å²) in [6.07, 6.45) is 2.59. The summed E-state index contributed by atoms with van der Waals surface area (Å²) < 4.78 is 38.0. The zero-order chi connectivity index (χ0) is 15.6. The first-order chi connectivity index (χ1) is 9.75. The summed E-state index contributed by atoms with van der Waals surface area (Å²) in [4.78, 5) is 0. The van der Waals surface area contributed by atoms with Crippen molar-refractivity contribution in [2.75, 3.05) is 19.3 Å². The molecule has 1 aliphatic heterocycles. The lowest BCUT2D eigenvalue weighted by Crippen LogP contribution is -2.39. The smallest absolute Gasteiger partial charge is 0.211 e. The highest BCUT2D eigenvalue weighted by Gasteiger charge is 2.27. The monoisotopic (exact) mass is 315 g/mol. The van der Waals surface area contributed by atoms with Gasteiger partial charge >= 0.3 is 0 Å². The topological polar surface area (TPSA) is 57.6 Å². The molecule has 2 atom stereocenters. The minimum Gasteiger partial charge on any atom is -0.388 e. The minimum atomic E-state index is -3.18. The van der Waals surface area contributed by atoms with E-state index in [0.717, 1.165) is 18.4 Å². The quantitative estimate of drug-likeness (QED) is 0.927. The predicted molar refractivity (Wildman–Crippen MR) is 79.9 cm³/mol. The number of aliphatic hydroxyl groups is 1. The lowest BCUT2D eigenvalue weighted by Gasteiger charge is -2.32. The van der Waals surface area contributed by atoms with E-state index in [-0.39, 0.29) is 11.7 Å².